The first-order valence-corrected chi connectivity index (χ1v) is 5.99. The van der Waals surface area contributed by atoms with Crippen molar-refractivity contribution < 1.29 is 14.3 Å². The SMILES string of the molecule is COCCNC(=O)CNC(=O)C(N)c1ccccc1.Cl. The van der Waals surface area contributed by atoms with Crippen LogP contribution in [0.1, 0.15) is 11.6 Å². The summed E-state index contributed by atoms with van der Waals surface area (Å²) in [6, 6.07) is 8.22. The topological polar surface area (TPSA) is 93.5 Å². The highest BCUT2D eigenvalue weighted by atomic mass is 35.5. The molecule has 1 atom stereocenters. The Morgan fingerprint density at radius 3 is 2.50 bits per heavy atom. The van der Waals surface area contributed by atoms with Crippen molar-refractivity contribution in [3.63, 3.8) is 0 Å². The standard InChI is InChI=1S/C13H19N3O3.ClH/c1-19-8-7-15-11(17)9-16-13(18)12(14)10-5-3-2-4-6-10;/h2-6,12H,7-9,14H2,1H3,(H,15,17)(H,16,18);1H. The van der Waals surface area contributed by atoms with Crippen LogP contribution in [0.25, 0.3) is 0 Å². The molecule has 112 valence electrons. The van der Waals surface area contributed by atoms with Crippen molar-refractivity contribution >= 4 is 24.2 Å². The van der Waals surface area contributed by atoms with Gasteiger partial charge in [-0.1, -0.05) is 30.3 Å². The Labute approximate surface area is 124 Å². The quantitative estimate of drug-likeness (QED) is 0.617. The Balaban J connectivity index is 0.00000361. The van der Waals surface area contributed by atoms with E-state index in [-0.39, 0.29) is 30.8 Å². The minimum Gasteiger partial charge on any atom is -0.383 e. The Bertz CT molecular complexity index is 415. The van der Waals surface area contributed by atoms with Crippen LogP contribution in [-0.4, -0.2) is 38.6 Å². The van der Waals surface area contributed by atoms with Gasteiger partial charge in [-0.25, -0.2) is 0 Å². The van der Waals surface area contributed by atoms with Gasteiger partial charge in [-0.05, 0) is 5.56 Å². The highest BCUT2D eigenvalue weighted by molar-refractivity contribution is 5.88. The second-order valence-corrected chi connectivity index (χ2v) is 3.95. The molecule has 7 heteroatoms. The van der Waals surface area contributed by atoms with Crippen LogP contribution in [0, 0.1) is 0 Å². The van der Waals surface area contributed by atoms with Crippen molar-refractivity contribution in [2.75, 3.05) is 26.8 Å². The fraction of sp³-hybridized carbons (Fsp3) is 0.385. The molecule has 6 nitrogen and oxygen atoms in total. The Morgan fingerprint density at radius 2 is 1.90 bits per heavy atom. The van der Waals surface area contributed by atoms with Crippen LogP contribution in [0.2, 0.25) is 0 Å². The van der Waals surface area contributed by atoms with Crippen LogP contribution >= 0.6 is 12.4 Å². The predicted molar refractivity (Wildman–Crippen MR) is 78.5 cm³/mol. The lowest BCUT2D eigenvalue weighted by molar-refractivity contribution is -0.127. The van der Waals surface area contributed by atoms with Gasteiger partial charge in [0.1, 0.15) is 6.04 Å². The number of ether oxygens (including phenoxy) is 1. The van der Waals surface area contributed by atoms with Crippen molar-refractivity contribution in [3.05, 3.63) is 35.9 Å². The molecule has 2 amide bonds. The highest BCUT2D eigenvalue weighted by Crippen LogP contribution is 2.08. The summed E-state index contributed by atoms with van der Waals surface area (Å²) in [5.74, 6) is -0.654. The van der Waals surface area contributed by atoms with E-state index in [4.69, 9.17) is 10.5 Å². The molecule has 20 heavy (non-hydrogen) atoms. The minimum atomic E-state index is -0.770. The van der Waals surface area contributed by atoms with E-state index >= 15 is 0 Å². The van der Waals surface area contributed by atoms with Crippen LogP contribution in [0.5, 0.6) is 0 Å². The summed E-state index contributed by atoms with van der Waals surface area (Å²) in [5.41, 5.74) is 6.49. The van der Waals surface area contributed by atoms with Crippen LogP contribution in [-0.2, 0) is 14.3 Å². The van der Waals surface area contributed by atoms with E-state index < -0.39 is 6.04 Å². The van der Waals surface area contributed by atoms with E-state index in [1.54, 1.807) is 31.4 Å². The molecule has 4 N–H and O–H groups in total. The molecular weight excluding hydrogens is 282 g/mol. The maximum atomic E-state index is 11.7. The third kappa shape index (κ3) is 6.51. The number of benzene rings is 1. The molecule has 0 aliphatic heterocycles. The number of amides is 2. The number of nitrogens with one attached hydrogen (secondary N) is 2. The van der Waals surface area contributed by atoms with Crippen LogP contribution in [0.4, 0.5) is 0 Å². The van der Waals surface area contributed by atoms with E-state index in [9.17, 15) is 9.59 Å². The lowest BCUT2D eigenvalue weighted by Gasteiger charge is -2.12. The third-order valence-corrected chi connectivity index (χ3v) is 2.49. The van der Waals surface area contributed by atoms with Gasteiger partial charge < -0.3 is 21.1 Å². The van der Waals surface area contributed by atoms with Crippen LogP contribution < -0.4 is 16.4 Å². The van der Waals surface area contributed by atoms with E-state index in [0.717, 1.165) is 0 Å². The van der Waals surface area contributed by atoms with Crippen molar-refractivity contribution in [1.82, 2.24) is 10.6 Å². The smallest absolute Gasteiger partial charge is 0.241 e. The largest absolute Gasteiger partial charge is 0.383 e. The molecule has 1 rings (SSSR count). The van der Waals surface area contributed by atoms with E-state index in [2.05, 4.69) is 10.6 Å². The van der Waals surface area contributed by atoms with Gasteiger partial charge in [0.25, 0.3) is 0 Å². The van der Waals surface area contributed by atoms with Gasteiger partial charge in [0, 0.05) is 13.7 Å². The van der Waals surface area contributed by atoms with E-state index in [0.29, 0.717) is 18.7 Å². The summed E-state index contributed by atoms with van der Waals surface area (Å²) in [6.07, 6.45) is 0. The molecular formula is C13H20ClN3O3. The van der Waals surface area contributed by atoms with Gasteiger partial charge in [0.15, 0.2) is 0 Å². The van der Waals surface area contributed by atoms with Gasteiger partial charge in [-0.2, -0.15) is 0 Å². The first-order valence-electron chi connectivity index (χ1n) is 5.99. The Hall–Kier alpha value is -1.63. The average molecular weight is 302 g/mol. The van der Waals surface area contributed by atoms with E-state index in [1.807, 2.05) is 6.07 Å². The summed E-state index contributed by atoms with van der Waals surface area (Å²) in [6.45, 7) is 0.752. The third-order valence-electron chi connectivity index (χ3n) is 2.49. The zero-order chi connectivity index (χ0) is 14.1. The molecule has 1 aromatic carbocycles. The molecule has 0 saturated heterocycles. The fourth-order valence-corrected chi connectivity index (χ4v) is 1.44. The molecule has 0 radical (unpaired) electrons. The molecule has 0 spiro atoms. The molecule has 0 heterocycles. The fourth-order valence-electron chi connectivity index (χ4n) is 1.44. The monoisotopic (exact) mass is 301 g/mol. The highest BCUT2D eigenvalue weighted by Gasteiger charge is 2.15. The number of halogens is 1. The maximum Gasteiger partial charge on any atom is 0.241 e. The zero-order valence-electron chi connectivity index (χ0n) is 11.3. The number of hydrogen-bond acceptors (Lipinski definition) is 4. The van der Waals surface area contributed by atoms with Gasteiger partial charge in [0.2, 0.25) is 11.8 Å². The molecule has 1 unspecified atom stereocenters. The number of hydrogen-bond donors (Lipinski definition) is 3. The van der Waals surface area contributed by atoms with Crippen LogP contribution in [0.3, 0.4) is 0 Å². The van der Waals surface area contributed by atoms with Gasteiger partial charge in [-0.15, -0.1) is 12.4 Å². The lowest BCUT2D eigenvalue weighted by Crippen LogP contribution is -2.41. The maximum absolute atomic E-state index is 11.7. The average Bonchev–Trinajstić information content (AvgIpc) is 2.45. The summed E-state index contributed by atoms with van der Waals surface area (Å²) >= 11 is 0. The minimum absolute atomic E-state index is 0. The molecule has 0 aliphatic rings. The number of carbonyl (C=O) groups is 2. The van der Waals surface area contributed by atoms with Crippen molar-refractivity contribution in [3.8, 4) is 0 Å². The zero-order valence-corrected chi connectivity index (χ0v) is 12.1. The van der Waals surface area contributed by atoms with Crippen molar-refractivity contribution in [2.24, 2.45) is 5.73 Å². The summed E-state index contributed by atoms with van der Waals surface area (Å²) in [4.78, 5) is 23.1. The first kappa shape index (κ1) is 18.4. The molecule has 0 bridgehead atoms. The number of methoxy groups -OCH3 is 1. The molecule has 0 aliphatic carbocycles. The Kier molecular flexibility index (Phi) is 9.36. The van der Waals surface area contributed by atoms with E-state index in [1.165, 1.54) is 0 Å². The number of nitrogens with two attached hydrogens (primary N) is 1. The molecule has 0 saturated carbocycles. The number of carbonyl (C=O) groups excluding carboxylic acids is 2. The first-order chi connectivity index (χ1) is 9.15. The summed E-state index contributed by atoms with van der Waals surface area (Å²) in [7, 11) is 1.55. The predicted octanol–water partition coefficient (Wildman–Crippen LogP) is -0.0130. The molecule has 1 aromatic rings. The normalized spacial score (nSPS) is 11.1. The molecule has 0 aromatic heterocycles. The summed E-state index contributed by atoms with van der Waals surface area (Å²) in [5, 5.41) is 5.09. The summed E-state index contributed by atoms with van der Waals surface area (Å²) < 4.78 is 4.79. The lowest BCUT2D eigenvalue weighted by atomic mass is 10.1. The molecule has 0 fully saturated rings. The second kappa shape index (κ2) is 10.2. The van der Waals surface area contributed by atoms with Crippen molar-refractivity contribution in [2.45, 2.75) is 6.04 Å². The van der Waals surface area contributed by atoms with Gasteiger partial charge in [0.05, 0.1) is 13.2 Å². The second-order valence-electron chi connectivity index (χ2n) is 3.95. The van der Waals surface area contributed by atoms with Crippen molar-refractivity contribution in [1.29, 1.82) is 0 Å². The number of rotatable bonds is 7. The van der Waals surface area contributed by atoms with Crippen LogP contribution in [0.15, 0.2) is 30.3 Å². The van der Waals surface area contributed by atoms with Gasteiger partial charge in [-0.3, -0.25) is 9.59 Å². The Morgan fingerprint density at radius 1 is 1.25 bits per heavy atom. The van der Waals surface area contributed by atoms with Gasteiger partial charge >= 0.3 is 0 Å².